The molecule has 29 heavy (non-hydrogen) atoms. The molecule has 0 unspecified atom stereocenters. The Morgan fingerprint density at radius 1 is 1.10 bits per heavy atom. The minimum Gasteiger partial charge on any atom is -0.489 e. The summed E-state index contributed by atoms with van der Waals surface area (Å²) in [6.07, 6.45) is 1.34. The van der Waals surface area contributed by atoms with E-state index in [2.05, 4.69) is 10.5 Å². The van der Waals surface area contributed by atoms with Crippen LogP contribution >= 0.6 is 11.6 Å². The molecule has 0 aliphatic rings. The molecule has 8 heteroatoms. The topological polar surface area (TPSA) is 93.8 Å². The van der Waals surface area contributed by atoms with Gasteiger partial charge in [-0.2, -0.15) is 5.10 Å². The summed E-state index contributed by atoms with van der Waals surface area (Å²) in [6.45, 7) is 0.385. The van der Waals surface area contributed by atoms with E-state index < -0.39 is 10.8 Å². The van der Waals surface area contributed by atoms with Gasteiger partial charge in [-0.3, -0.25) is 14.9 Å². The number of amides is 1. The number of carbonyl (C=O) groups is 1. The van der Waals surface area contributed by atoms with Crippen molar-refractivity contribution in [3.63, 3.8) is 0 Å². The SMILES string of the molecule is O=C(NN=Cc1cccc([N+](=O)[O-])c1)c1ccc(OCc2ccc(Cl)cc2)cc1. The number of carbonyl (C=O) groups excluding carboxylic acids is 1. The van der Waals surface area contributed by atoms with Crippen LogP contribution in [0.3, 0.4) is 0 Å². The Hall–Kier alpha value is -3.71. The van der Waals surface area contributed by atoms with Gasteiger partial charge in [-0.1, -0.05) is 35.9 Å². The molecule has 0 radical (unpaired) electrons. The van der Waals surface area contributed by atoms with E-state index in [0.29, 0.717) is 28.5 Å². The average molecular weight is 410 g/mol. The first-order valence-corrected chi connectivity index (χ1v) is 8.94. The molecule has 0 atom stereocenters. The lowest BCUT2D eigenvalue weighted by Gasteiger charge is -2.07. The maximum absolute atomic E-state index is 12.1. The van der Waals surface area contributed by atoms with Gasteiger partial charge in [0.25, 0.3) is 11.6 Å². The number of rotatable bonds is 7. The number of non-ortho nitro benzene ring substituents is 1. The van der Waals surface area contributed by atoms with Gasteiger partial charge in [0.15, 0.2) is 0 Å². The third kappa shape index (κ3) is 5.88. The molecule has 1 N–H and O–H groups in total. The number of hydrogen-bond donors (Lipinski definition) is 1. The fourth-order valence-corrected chi connectivity index (χ4v) is 2.52. The Morgan fingerprint density at radius 3 is 2.52 bits per heavy atom. The van der Waals surface area contributed by atoms with Crippen molar-refractivity contribution in [2.45, 2.75) is 6.61 Å². The second-order valence-electron chi connectivity index (χ2n) is 5.99. The van der Waals surface area contributed by atoms with Crippen molar-refractivity contribution in [1.29, 1.82) is 0 Å². The first kappa shape index (κ1) is 20.0. The molecule has 1 amide bonds. The van der Waals surface area contributed by atoms with Crippen molar-refractivity contribution in [2.75, 3.05) is 0 Å². The standard InChI is InChI=1S/C21H16ClN3O4/c22-18-8-4-15(5-9-18)14-29-20-10-6-17(7-11-20)21(26)24-23-13-16-2-1-3-19(12-16)25(27)28/h1-13H,14H2,(H,24,26). The molecule has 3 aromatic carbocycles. The van der Waals surface area contributed by atoms with Crippen molar-refractivity contribution in [1.82, 2.24) is 5.43 Å². The molecule has 0 aliphatic heterocycles. The third-order valence-electron chi connectivity index (χ3n) is 3.90. The highest BCUT2D eigenvalue weighted by Gasteiger charge is 2.06. The van der Waals surface area contributed by atoms with Gasteiger partial charge in [0.05, 0.1) is 11.1 Å². The number of nitro benzene ring substituents is 1. The highest BCUT2D eigenvalue weighted by Crippen LogP contribution is 2.16. The predicted molar refractivity (Wildman–Crippen MR) is 110 cm³/mol. The van der Waals surface area contributed by atoms with E-state index in [1.165, 1.54) is 18.3 Å². The third-order valence-corrected chi connectivity index (χ3v) is 4.15. The summed E-state index contributed by atoms with van der Waals surface area (Å²) >= 11 is 5.85. The van der Waals surface area contributed by atoms with Crippen molar-refractivity contribution >= 4 is 29.4 Å². The second-order valence-corrected chi connectivity index (χ2v) is 6.43. The van der Waals surface area contributed by atoms with Crippen LogP contribution in [0.15, 0.2) is 77.9 Å². The second kappa shape index (κ2) is 9.48. The van der Waals surface area contributed by atoms with Crippen molar-refractivity contribution < 1.29 is 14.5 Å². The smallest absolute Gasteiger partial charge is 0.271 e. The molecule has 0 fully saturated rings. The number of ether oxygens (including phenoxy) is 1. The largest absolute Gasteiger partial charge is 0.489 e. The fourth-order valence-electron chi connectivity index (χ4n) is 2.40. The van der Waals surface area contributed by atoms with Gasteiger partial charge >= 0.3 is 0 Å². The number of hydrogen-bond acceptors (Lipinski definition) is 5. The van der Waals surface area contributed by atoms with Crippen LogP contribution in [0.5, 0.6) is 5.75 Å². The normalized spacial score (nSPS) is 10.7. The fraction of sp³-hybridized carbons (Fsp3) is 0.0476. The highest BCUT2D eigenvalue weighted by molar-refractivity contribution is 6.30. The van der Waals surface area contributed by atoms with Crippen LogP contribution < -0.4 is 10.2 Å². The molecule has 0 aromatic heterocycles. The minimum atomic E-state index is -0.494. The Bertz CT molecular complexity index is 1030. The Labute approximate surface area is 171 Å². The Kier molecular flexibility index (Phi) is 6.55. The first-order valence-electron chi connectivity index (χ1n) is 8.56. The van der Waals surface area contributed by atoms with Gasteiger partial charge in [0.1, 0.15) is 12.4 Å². The Balaban J connectivity index is 1.54. The lowest BCUT2D eigenvalue weighted by atomic mass is 10.2. The quantitative estimate of drug-likeness (QED) is 0.351. The summed E-state index contributed by atoms with van der Waals surface area (Å²) in [5.41, 5.74) is 4.23. The number of hydrazone groups is 1. The molecular formula is C21H16ClN3O4. The summed E-state index contributed by atoms with van der Waals surface area (Å²) < 4.78 is 5.68. The van der Waals surface area contributed by atoms with Crippen LogP contribution in [-0.2, 0) is 6.61 Å². The van der Waals surface area contributed by atoms with E-state index in [1.807, 2.05) is 12.1 Å². The highest BCUT2D eigenvalue weighted by atomic mass is 35.5. The molecule has 146 valence electrons. The lowest BCUT2D eigenvalue weighted by molar-refractivity contribution is -0.384. The molecule has 0 aliphatic carbocycles. The van der Waals surface area contributed by atoms with Gasteiger partial charge in [0, 0.05) is 28.3 Å². The zero-order chi connectivity index (χ0) is 20.6. The average Bonchev–Trinajstić information content (AvgIpc) is 2.74. The summed E-state index contributed by atoms with van der Waals surface area (Å²) in [5.74, 6) is 0.215. The van der Waals surface area contributed by atoms with Crippen molar-refractivity contribution in [3.05, 3.63) is 105 Å². The van der Waals surface area contributed by atoms with Gasteiger partial charge in [-0.25, -0.2) is 5.43 Å². The van der Waals surface area contributed by atoms with Crippen molar-refractivity contribution in [3.8, 4) is 5.75 Å². The van der Waals surface area contributed by atoms with Gasteiger partial charge in [-0.05, 0) is 42.0 Å². The molecule has 0 heterocycles. The predicted octanol–water partition coefficient (Wildman–Crippen LogP) is 4.59. The maximum Gasteiger partial charge on any atom is 0.271 e. The van der Waals surface area contributed by atoms with Crippen LogP contribution in [0.4, 0.5) is 5.69 Å². The summed E-state index contributed by atoms with van der Waals surface area (Å²) in [4.78, 5) is 22.4. The van der Waals surface area contributed by atoms with E-state index in [4.69, 9.17) is 16.3 Å². The van der Waals surface area contributed by atoms with Crippen molar-refractivity contribution in [2.24, 2.45) is 5.10 Å². The van der Waals surface area contributed by atoms with E-state index in [-0.39, 0.29) is 5.69 Å². The van der Waals surface area contributed by atoms with Crippen LogP contribution in [-0.4, -0.2) is 17.0 Å². The number of nitro groups is 1. The summed E-state index contributed by atoms with van der Waals surface area (Å²) in [7, 11) is 0. The Morgan fingerprint density at radius 2 is 1.83 bits per heavy atom. The van der Waals surface area contributed by atoms with Crippen LogP contribution in [0.1, 0.15) is 21.5 Å². The minimum absolute atomic E-state index is 0.0468. The molecular weight excluding hydrogens is 394 g/mol. The summed E-state index contributed by atoms with van der Waals surface area (Å²) in [5, 5.41) is 15.3. The molecule has 0 spiro atoms. The molecule has 0 saturated carbocycles. The monoisotopic (exact) mass is 409 g/mol. The number of halogens is 1. The zero-order valence-electron chi connectivity index (χ0n) is 15.1. The molecule has 7 nitrogen and oxygen atoms in total. The molecule has 3 rings (SSSR count). The molecule has 0 saturated heterocycles. The number of nitrogens with one attached hydrogen (secondary N) is 1. The van der Waals surface area contributed by atoms with E-state index in [1.54, 1.807) is 48.5 Å². The first-order chi connectivity index (χ1) is 14.0. The maximum atomic E-state index is 12.1. The van der Waals surface area contributed by atoms with Crippen LogP contribution in [0.25, 0.3) is 0 Å². The van der Waals surface area contributed by atoms with Crippen LogP contribution in [0.2, 0.25) is 5.02 Å². The molecule has 3 aromatic rings. The van der Waals surface area contributed by atoms with E-state index in [0.717, 1.165) is 5.56 Å². The zero-order valence-corrected chi connectivity index (χ0v) is 15.9. The van der Waals surface area contributed by atoms with E-state index in [9.17, 15) is 14.9 Å². The van der Waals surface area contributed by atoms with Gasteiger partial charge in [0.2, 0.25) is 0 Å². The van der Waals surface area contributed by atoms with E-state index >= 15 is 0 Å². The number of benzene rings is 3. The van der Waals surface area contributed by atoms with Gasteiger partial charge < -0.3 is 4.74 Å². The van der Waals surface area contributed by atoms with Gasteiger partial charge in [-0.15, -0.1) is 0 Å². The molecule has 0 bridgehead atoms. The van der Waals surface area contributed by atoms with Crippen LogP contribution in [0, 0.1) is 10.1 Å². The summed E-state index contributed by atoms with van der Waals surface area (Å²) in [6, 6.07) is 19.9. The lowest BCUT2D eigenvalue weighted by Crippen LogP contribution is -2.17. The number of nitrogens with zero attached hydrogens (tertiary/aromatic N) is 2.